The Morgan fingerprint density at radius 2 is 1.74 bits per heavy atom. The van der Waals surface area contributed by atoms with Crippen molar-refractivity contribution in [1.29, 1.82) is 0 Å². The van der Waals surface area contributed by atoms with Crippen molar-refractivity contribution in [2.24, 2.45) is 0 Å². The molecule has 34 heavy (non-hydrogen) atoms. The number of nitrogens with one attached hydrogen (secondary N) is 4. The molecule has 0 atom stereocenters. The van der Waals surface area contributed by atoms with E-state index < -0.39 is 10.0 Å². The van der Waals surface area contributed by atoms with Gasteiger partial charge in [-0.05, 0) is 48.7 Å². The maximum absolute atomic E-state index is 13.0. The number of nitrogens with zero attached hydrogens (tertiary/aromatic N) is 2. The molecule has 10 heteroatoms. The maximum Gasteiger partial charge on any atom is 0.240 e. The van der Waals surface area contributed by atoms with Crippen molar-refractivity contribution in [1.82, 2.24) is 19.9 Å². The number of hydrogen-bond donors (Lipinski definition) is 4. The van der Waals surface area contributed by atoms with Gasteiger partial charge in [-0.2, -0.15) is 0 Å². The lowest BCUT2D eigenvalue weighted by Gasteiger charge is -2.27. The number of pyridine rings is 1. The highest BCUT2D eigenvalue weighted by Crippen LogP contribution is 2.29. The highest BCUT2D eigenvalue weighted by Gasteiger charge is 2.19. The van der Waals surface area contributed by atoms with Crippen molar-refractivity contribution < 1.29 is 8.42 Å². The molecular weight excluding hydrogens is 472 g/mol. The van der Waals surface area contributed by atoms with Crippen LogP contribution in [0.2, 0.25) is 0 Å². The minimum absolute atomic E-state index is 0. The average Bonchev–Trinajstić information content (AvgIpc) is 2.85. The van der Waals surface area contributed by atoms with Crippen molar-refractivity contribution in [3.63, 3.8) is 0 Å². The summed E-state index contributed by atoms with van der Waals surface area (Å²) in [6, 6.07) is 9.70. The van der Waals surface area contributed by atoms with Crippen LogP contribution in [0.5, 0.6) is 0 Å². The van der Waals surface area contributed by atoms with Gasteiger partial charge in [0.1, 0.15) is 0 Å². The monoisotopic (exact) mass is 508 g/mol. The number of rotatable bonds is 10. The summed E-state index contributed by atoms with van der Waals surface area (Å²) in [5.74, 6) is 0. The first kappa shape index (κ1) is 26.7. The van der Waals surface area contributed by atoms with Crippen LogP contribution in [0.25, 0.3) is 0 Å². The van der Waals surface area contributed by atoms with Crippen molar-refractivity contribution >= 4 is 33.8 Å². The molecule has 4 N–H and O–H groups in total. The lowest BCUT2D eigenvalue weighted by Crippen LogP contribution is -2.46. The minimum atomic E-state index is -3.59. The summed E-state index contributed by atoms with van der Waals surface area (Å²) in [6.07, 6.45) is 9.60. The van der Waals surface area contributed by atoms with E-state index in [1.165, 1.54) is 19.3 Å². The van der Waals surface area contributed by atoms with Crippen LogP contribution in [0.4, 0.5) is 11.4 Å². The van der Waals surface area contributed by atoms with Gasteiger partial charge in [0.05, 0.1) is 16.3 Å². The fourth-order valence-electron chi connectivity index (χ4n) is 4.48. The third-order valence-corrected chi connectivity index (χ3v) is 7.89. The Hall–Kier alpha value is -1.91. The molecule has 2 aliphatic rings. The van der Waals surface area contributed by atoms with Gasteiger partial charge in [-0.3, -0.25) is 9.88 Å². The SMILES string of the molecule is Cl.O=S(=O)(NCCN1CCNCC1)c1ccc(NC2CCCCC2)c(NCc2ccncc2)c1. The van der Waals surface area contributed by atoms with Crippen LogP contribution in [0, 0.1) is 0 Å². The molecule has 1 aromatic carbocycles. The zero-order valence-corrected chi connectivity index (χ0v) is 21.3. The average molecular weight is 509 g/mol. The summed E-state index contributed by atoms with van der Waals surface area (Å²) in [5.41, 5.74) is 2.86. The minimum Gasteiger partial charge on any atom is -0.381 e. The van der Waals surface area contributed by atoms with Crippen molar-refractivity contribution in [2.75, 3.05) is 49.9 Å². The number of hydrogen-bond acceptors (Lipinski definition) is 7. The molecule has 1 aliphatic heterocycles. The Morgan fingerprint density at radius 3 is 2.47 bits per heavy atom. The second-order valence-corrected chi connectivity index (χ2v) is 10.7. The number of aromatic nitrogens is 1. The van der Waals surface area contributed by atoms with E-state index in [0.717, 1.165) is 62.5 Å². The quantitative estimate of drug-likeness (QED) is 0.391. The largest absolute Gasteiger partial charge is 0.381 e. The van der Waals surface area contributed by atoms with E-state index in [2.05, 4.69) is 30.6 Å². The van der Waals surface area contributed by atoms with Crippen LogP contribution in [0.3, 0.4) is 0 Å². The Bertz CT molecular complexity index is 980. The summed E-state index contributed by atoms with van der Waals surface area (Å²) < 4.78 is 28.8. The van der Waals surface area contributed by atoms with Crippen molar-refractivity contribution in [2.45, 2.75) is 49.6 Å². The van der Waals surface area contributed by atoms with E-state index >= 15 is 0 Å². The highest BCUT2D eigenvalue weighted by molar-refractivity contribution is 7.89. The molecule has 188 valence electrons. The molecule has 2 heterocycles. The van der Waals surface area contributed by atoms with E-state index in [4.69, 9.17) is 0 Å². The maximum atomic E-state index is 13.0. The van der Waals surface area contributed by atoms with E-state index in [-0.39, 0.29) is 17.3 Å². The van der Waals surface area contributed by atoms with Crippen LogP contribution < -0.4 is 20.7 Å². The molecule has 1 aromatic heterocycles. The van der Waals surface area contributed by atoms with Gasteiger partial charge in [0.25, 0.3) is 0 Å². The Morgan fingerprint density at radius 1 is 1.00 bits per heavy atom. The van der Waals surface area contributed by atoms with E-state index in [1.807, 2.05) is 18.2 Å². The first-order valence-electron chi connectivity index (χ1n) is 12.1. The number of anilines is 2. The number of halogens is 1. The molecule has 2 aromatic rings. The number of benzene rings is 1. The summed E-state index contributed by atoms with van der Waals surface area (Å²) >= 11 is 0. The van der Waals surface area contributed by atoms with Gasteiger partial charge in [0.15, 0.2) is 0 Å². The Labute approximate surface area is 209 Å². The second kappa shape index (κ2) is 13.3. The molecular formula is C24H37ClN6O2S. The van der Waals surface area contributed by atoms with Crippen molar-refractivity contribution in [3.8, 4) is 0 Å². The normalized spacial score (nSPS) is 17.6. The first-order chi connectivity index (χ1) is 16.1. The number of piperazine rings is 1. The summed E-state index contributed by atoms with van der Waals surface area (Å²) in [5, 5.41) is 10.4. The summed E-state index contributed by atoms with van der Waals surface area (Å²) in [7, 11) is -3.59. The molecule has 2 fully saturated rings. The van der Waals surface area contributed by atoms with Crippen LogP contribution in [0.15, 0.2) is 47.6 Å². The molecule has 8 nitrogen and oxygen atoms in total. The molecule has 1 saturated carbocycles. The molecule has 1 saturated heterocycles. The summed E-state index contributed by atoms with van der Waals surface area (Å²) in [4.78, 5) is 6.63. The van der Waals surface area contributed by atoms with Gasteiger partial charge in [0, 0.05) is 64.2 Å². The molecule has 0 amide bonds. The molecule has 0 unspecified atom stereocenters. The standard InChI is InChI=1S/C24H36N6O2S.ClH/c31-33(32,28-14-17-30-15-12-26-13-16-30)22-6-7-23(29-21-4-2-1-3-5-21)24(18-22)27-19-20-8-10-25-11-9-20;/h6-11,18,21,26-29H,1-5,12-17,19H2;1H. The van der Waals surface area contributed by atoms with Crippen molar-refractivity contribution in [3.05, 3.63) is 48.3 Å². The van der Waals surface area contributed by atoms with Gasteiger partial charge in [-0.1, -0.05) is 19.3 Å². The van der Waals surface area contributed by atoms with E-state index in [9.17, 15) is 8.42 Å². The Balaban J connectivity index is 0.00000324. The van der Waals surface area contributed by atoms with Gasteiger partial charge < -0.3 is 16.0 Å². The second-order valence-electron chi connectivity index (χ2n) is 8.89. The summed E-state index contributed by atoms with van der Waals surface area (Å²) in [6.45, 7) is 5.53. The molecule has 0 spiro atoms. The fraction of sp³-hybridized carbons (Fsp3) is 0.542. The van der Waals surface area contributed by atoms with E-state index in [1.54, 1.807) is 24.5 Å². The lowest BCUT2D eigenvalue weighted by atomic mass is 9.95. The molecule has 1 aliphatic carbocycles. The lowest BCUT2D eigenvalue weighted by molar-refractivity contribution is 0.245. The topological polar surface area (TPSA) is 98.4 Å². The Kier molecular flexibility index (Phi) is 10.4. The third kappa shape index (κ3) is 7.81. The predicted octanol–water partition coefficient (Wildman–Crippen LogP) is 3.04. The smallest absolute Gasteiger partial charge is 0.240 e. The van der Waals surface area contributed by atoms with Gasteiger partial charge in [0.2, 0.25) is 10.0 Å². The van der Waals surface area contributed by atoms with Crippen LogP contribution in [-0.2, 0) is 16.6 Å². The molecule has 0 radical (unpaired) electrons. The molecule has 4 rings (SSSR count). The third-order valence-electron chi connectivity index (χ3n) is 6.43. The predicted molar refractivity (Wildman–Crippen MR) is 140 cm³/mol. The molecule has 0 bridgehead atoms. The number of sulfonamides is 1. The fourth-order valence-corrected chi connectivity index (χ4v) is 5.53. The zero-order valence-electron chi connectivity index (χ0n) is 19.6. The van der Waals surface area contributed by atoms with E-state index in [0.29, 0.717) is 19.1 Å². The van der Waals surface area contributed by atoms with Crippen LogP contribution in [-0.4, -0.2) is 63.6 Å². The van der Waals surface area contributed by atoms with Crippen LogP contribution in [0.1, 0.15) is 37.7 Å². The van der Waals surface area contributed by atoms with Gasteiger partial charge in [-0.25, -0.2) is 13.1 Å². The highest BCUT2D eigenvalue weighted by atomic mass is 35.5. The zero-order chi connectivity index (χ0) is 22.9. The van der Waals surface area contributed by atoms with Gasteiger partial charge >= 0.3 is 0 Å². The van der Waals surface area contributed by atoms with Crippen LogP contribution >= 0.6 is 12.4 Å². The first-order valence-corrected chi connectivity index (χ1v) is 13.5. The van der Waals surface area contributed by atoms with Gasteiger partial charge in [-0.15, -0.1) is 12.4 Å².